The lowest BCUT2D eigenvalue weighted by molar-refractivity contribution is -0.869. The molecule has 0 aromatic carbocycles. The molecule has 0 radical (unpaired) electrons. The van der Waals surface area contributed by atoms with Gasteiger partial charge in [0.2, 0.25) is 5.91 Å². The van der Waals surface area contributed by atoms with Crippen LogP contribution < -0.4 is 29.3 Å². The number of carbonyl (C=O) groups is 1. The van der Waals surface area contributed by atoms with E-state index in [1.807, 2.05) is 0 Å². The van der Waals surface area contributed by atoms with Gasteiger partial charge in [-0.1, -0.05) is 65.5 Å². The summed E-state index contributed by atoms with van der Waals surface area (Å²) in [6, 6.07) is 0. The summed E-state index contributed by atoms with van der Waals surface area (Å²) in [5.74, 6) is 5.77. The predicted molar refractivity (Wildman–Crippen MR) is 152 cm³/mol. The van der Waals surface area contributed by atoms with E-state index < -0.39 is 0 Å². The first-order valence-electron chi connectivity index (χ1n) is 15.6. The Bertz CT molecular complexity index is 816. The van der Waals surface area contributed by atoms with E-state index in [2.05, 4.69) is 67.2 Å². The minimum Gasteiger partial charge on any atom is -1.00 e. The molecule has 3 fully saturated rings. The predicted octanol–water partition coefficient (Wildman–Crippen LogP) is 4.47. The lowest BCUT2D eigenvalue weighted by Crippen LogP contribution is -3.00. The van der Waals surface area contributed by atoms with Crippen LogP contribution in [0.2, 0.25) is 0 Å². The summed E-state index contributed by atoms with van der Waals surface area (Å²) < 4.78 is 0.898. The summed E-state index contributed by atoms with van der Waals surface area (Å²) in [6.07, 6.45) is 17.2. The Morgan fingerprint density at radius 3 is 2.43 bits per heavy atom. The van der Waals surface area contributed by atoms with Crippen LogP contribution in [0, 0.1) is 52.3 Å². The van der Waals surface area contributed by atoms with E-state index in [9.17, 15) is 4.79 Å². The van der Waals surface area contributed by atoms with E-state index in [-0.39, 0.29) is 29.9 Å². The van der Waals surface area contributed by atoms with Gasteiger partial charge < -0.3 is 33.8 Å². The molecule has 4 aliphatic rings. The van der Waals surface area contributed by atoms with Crippen molar-refractivity contribution in [1.29, 1.82) is 0 Å². The van der Waals surface area contributed by atoms with Crippen molar-refractivity contribution >= 4 is 5.91 Å². The number of quaternary nitrogens is 1. The molecule has 0 saturated heterocycles. The zero-order valence-electron chi connectivity index (χ0n) is 25.5. The number of rotatable bonds is 9. The molecule has 0 spiro atoms. The molecule has 4 rings (SSSR count). The van der Waals surface area contributed by atoms with Crippen molar-refractivity contribution in [3.05, 3.63) is 11.6 Å². The first-order chi connectivity index (χ1) is 16.8. The Balaban J connectivity index is 0.00000380. The topological polar surface area (TPSA) is 29.1 Å². The molecule has 8 atom stereocenters. The van der Waals surface area contributed by atoms with E-state index in [1.54, 1.807) is 5.57 Å². The quantitative estimate of drug-likeness (QED) is 0.229. The van der Waals surface area contributed by atoms with E-state index in [0.29, 0.717) is 16.7 Å². The highest BCUT2D eigenvalue weighted by Crippen LogP contribution is 2.67. The van der Waals surface area contributed by atoms with Gasteiger partial charge >= 0.3 is 0 Å². The third kappa shape index (κ3) is 6.63. The van der Waals surface area contributed by atoms with Crippen LogP contribution in [0.25, 0.3) is 0 Å². The number of hydrogen-bond donors (Lipinski definition) is 1. The van der Waals surface area contributed by atoms with Gasteiger partial charge in [0.15, 0.2) is 0 Å². The minimum absolute atomic E-state index is 0. The third-order valence-electron chi connectivity index (χ3n) is 11.8. The van der Waals surface area contributed by atoms with Crippen molar-refractivity contribution in [1.82, 2.24) is 5.32 Å². The number of nitrogens with zero attached hydrogens (tertiary/aromatic N) is 1. The van der Waals surface area contributed by atoms with Crippen LogP contribution in [0.4, 0.5) is 0 Å². The highest BCUT2D eigenvalue weighted by Gasteiger charge is 2.59. The average molecular weight is 627 g/mol. The summed E-state index contributed by atoms with van der Waals surface area (Å²) in [5.41, 5.74) is 2.54. The number of nitrogens with one attached hydrogen (secondary N) is 1. The molecule has 0 aliphatic heterocycles. The molecule has 3 saturated carbocycles. The second-order valence-electron chi connectivity index (χ2n) is 15.5. The van der Waals surface area contributed by atoms with Crippen LogP contribution >= 0.6 is 0 Å². The molecular formula is C33H59IN2O. The van der Waals surface area contributed by atoms with Crippen molar-refractivity contribution < 1.29 is 33.3 Å². The fourth-order valence-corrected chi connectivity index (χ4v) is 9.57. The summed E-state index contributed by atoms with van der Waals surface area (Å²) in [4.78, 5) is 13.0. The van der Waals surface area contributed by atoms with Gasteiger partial charge in [0, 0.05) is 5.92 Å². The van der Waals surface area contributed by atoms with E-state index in [4.69, 9.17) is 0 Å². The number of allylic oxidation sites excluding steroid dienone is 2. The highest BCUT2D eigenvalue weighted by molar-refractivity contribution is 5.79. The Morgan fingerprint density at radius 1 is 1.03 bits per heavy atom. The van der Waals surface area contributed by atoms with E-state index in [1.165, 1.54) is 57.8 Å². The van der Waals surface area contributed by atoms with Gasteiger partial charge in [-0.05, 0) is 97.7 Å². The monoisotopic (exact) mass is 626 g/mol. The number of amides is 1. The van der Waals surface area contributed by atoms with Gasteiger partial charge in [0.1, 0.15) is 0 Å². The van der Waals surface area contributed by atoms with Crippen molar-refractivity contribution in [3.8, 4) is 0 Å². The zero-order valence-corrected chi connectivity index (χ0v) is 27.7. The Kier molecular flexibility index (Phi) is 10.4. The first kappa shape index (κ1) is 31.4. The maximum absolute atomic E-state index is 13.0. The summed E-state index contributed by atoms with van der Waals surface area (Å²) in [5, 5.41) is 3.26. The van der Waals surface area contributed by atoms with Crippen molar-refractivity contribution in [2.75, 3.05) is 34.2 Å². The molecule has 1 unspecified atom stereocenters. The van der Waals surface area contributed by atoms with Gasteiger partial charge in [0.25, 0.3) is 0 Å². The number of carbonyl (C=O) groups excluding carboxylic acids is 1. The normalized spacial score (nSPS) is 38.1. The molecule has 0 aromatic rings. The molecule has 0 bridgehead atoms. The lowest BCUT2D eigenvalue weighted by Gasteiger charge is -2.58. The largest absolute Gasteiger partial charge is 1.00 e. The maximum atomic E-state index is 13.0. The smallest absolute Gasteiger partial charge is 0.223 e. The molecule has 0 aromatic heterocycles. The fourth-order valence-electron chi connectivity index (χ4n) is 9.57. The molecule has 4 aliphatic carbocycles. The molecule has 4 heteroatoms. The fraction of sp³-hybridized carbons (Fsp3) is 0.909. The summed E-state index contributed by atoms with van der Waals surface area (Å²) in [6.45, 7) is 14.4. The summed E-state index contributed by atoms with van der Waals surface area (Å²) in [7, 11) is 6.57. The molecule has 0 heterocycles. The van der Waals surface area contributed by atoms with Crippen LogP contribution in [0.3, 0.4) is 0 Å². The van der Waals surface area contributed by atoms with Crippen molar-refractivity contribution in [2.45, 2.75) is 105 Å². The van der Waals surface area contributed by atoms with Gasteiger partial charge in [-0.3, -0.25) is 4.79 Å². The maximum Gasteiger partial charge on any atom is 0.223 e. The van der Waals surface area contributed by atoms with Crippen LogP contribution in [0.15, 0.2) is 11.6 Å². The second-order valence-corrected chi connectivity index (χ2v) is 15.5. The number of fused-ring (bicyclic) bond motifs is 5. The molecular weight excluding hydrogens is 567 g/mol. The van der Waals surface area contributed by atoms with Crippen molar-refractivity contribution in [2.24, 2.45) is 52.3 Å². The zero-order chi connectivity index (χ0) is 26.3. The molecule has 37 heavy (non-hydrogen) atoms. The first-order valence-corrected chi connectivity index (χ1v) is 15.6. The highest BCUT2D eigenvalue weighted by atomic mass is 127. The van der Waals surface area contributed by atoms with Gasteiger partial charge in [-0.25, -0.2) is 0 Å². The van der Waals surface area contributed by atoms with Gasteiger partial charge in [-0.2, -0.15) is 0 Å². The number of hydrogen-bond acceptors (Lipinski definition) is 1. The Hall–Kier alpha value is -0.100. The Morgan fingerprint density at radius 2 is 1.76 bits per heavy atom. The Labute approximate surface area is 247 Å². The molecule has 214 valence electrons. The van der Waals surface area contributed by atoms with E-state index >= 15 is 0 Å². The third-order valence-corrected chi connectivity index (χ3v) is 11.8. The van der Waals surface area contributed by atoms with Crippen LogP contribution in [0.5, 0.6) is 0 Å². The molecule has 1 amide bonds. The number of halogens is 1. The van der Waals surface area contributed by atoms with Crippen LogP contribution in [-0.4, -0.2) is 44.6 Å². The second kappa shape index (κ2) is 12.2. The number of likely N-dealkylation sites (N-methyl/N-ethyl adjacent to an activating group) is 1. The van der Waals surface area contributed by atoms with Crippen molar-refractivity contribution in [3.63, 3.8) is 0 Å². The van der Waals surface area contributed by atoms with E-state index in [0.717, 1.165) is 65.9 Å². The SMILES string of the molecule is CC(C)CCC[C@@H](C)[C@H]1CC[C@H]2[C@@H]3CC=C4CC(C(=O)NCC[N+](C)(C)C)CC[C@]4(C)[C@H]3CC[C@]12C.[I-]. The van der Waals surface area contributed by atoms with Gasteiger partial charge in [0.05, 0.1) is 34.2 Å². The summed E-state index contributed by atoms with van der Waals surface area (Å²) >= 11 is 0. The molecule has 1 N–H and O–H groups in total. The lowest BCUT2D eigenvalue weighted by atomic mass is 9.46. The molecule has 3 nitrogen and oxygen atoms in total. The van der Waals surface area contributed by atoms with Gasteiger partial charge in [-0.15, -0.1) is 0 Å². The average Bonchev–Trinajstić information content (AvgIpc) is 3.14. The minimum atomic E-state index is 0. The standard InChI is InChI=1S/C33H58N2O.HI/c1-23(2)10-9-11-24(3)28-14-15-29-27-13-12-26-22-25(31(36)34-20-21-35(6,7)8)16-18-32(26,4)30(27)17-19-33(28,29)5;/h12,23-25,27-30H,9-11,13-22H2,1-8H3;1H/t24-,25?,27+,28-,29+,30+,32+,33-;/m1./s1. The van der Waals surface area contributed by atoms with Crippen LogP contribution in [-0.2, 0) is 4.79 Å². The van der Waals surface area contributed by atoms with Crippen LogP contribution in [0.1, 0.15) is 105 Å².